The van der Waals surface area contributed by atoms with E-state index in [1.54, 1.807) is 18.3 Å². The average Bonchev–Trinajstić information content (AvgIpc) is 2.28. The smallest absolute Gasteiger partial charge is 0.384 e. The molecule has 0 N–H and O–H groups in total. The molecule has 102 valence electrons. The molecule has 0 bridgehead atoms. The molecule has 0 saturated carbocycles. The Morgan fingerprint density at radius 3 is 2.15 bits per heavy atom. The molecule has 0 unspecified atom stereocenters. The van der Waals surface area contributed by atoms with Crippen molar-refractivity contribution in [1.82, 2.24) is 9.38 Å². The van der Waals surface area contributed by atoms with Crippen molar-refractivity contribution >= 4 is 17.2 Å². The topological polar surface area (TPSA) is 68.5 Å². The van der Waals surface area contributed by atoms with Gasteiger partial charge < -0.3 is 34.3 Å². The number of aromatic nitrogens is 2. The summed E-state index contributed by atoms with van der Waals surface area (Å²) >= 11 is 0. The number of pyridine rings is 1. The number of carbonyl (C=O) groups is 2. The van der Waals surface area contributed by atoms with E-state index in [2.05, 4.69) is 24.9 Å². The van der Waals surface area contributed by atoms with Crippen LogP contribution in [-0.2, 0) is 9.59 Å². The zero-order valence-corrected chi connectivity index (χ0v) is 11.9. The van der Waals surface area contributed by atoms with Crippen LogP contribution in [0.1, 0.15) is 13.8 Å². The van der Waals surface area contributed by atoms with Crippen LogP contribution in [0, 0.1) is 19.9 Å². The van der Waals surface area contributed by atoms with Crippen molar-refractivity contribution in [1.29, 1.82) is 0 Å². The van der Waals surface area contributed by atoms with E-state index in [9.17, 15) is 14.4 Å². The SMILES string of the molecule is O=c1[c-]cnc2ccccn12.[CH2-]C(C)=O.[CH2-]C(C)=O.[Li+]. The first-order valence-electron chi connectivity index (χ1n) is 5.33. The van der Waals surface area contributed by atoms with Gasteiger partial charge in [-0.25, -0.2) is 0 Å². The molecule has 0 atom stereocenters. The predicted molar refractivity (Wildman–Crippen MR) is 72.4 cm³/mol. The summed E-state index contributed by atoms with van der Waals surface area (Å²) in [5, 5.41) is 0. The fraction of sp³-hybridized carbons (Fsp3) is 0.143. The molecule has 0 aliphatic carbocycles. The first kappa shape index (κ1) is 20.4. The molecule has 20 heavy (non-hydrogen) atoms. The van der Waals surface area contributed by atoms with Gasteiger partial charge in [0.25, 0.3) is 0 Å². The van der Waals surface area contributed by atoms with Gasteiger partial charge in [0.2, 0.25) is 0 Å². The summed E-state index contributed by atoms with van der Waals surface area (Å²) in [7, 11) is 0. The molecule has 2 rings (SSSR count). The fourth-order valence-electron chi connectivity index (χ4n) is 0.934. The van der Waals surface area contributed by atoms with Crippen molar-refractivity contribution in [2.24, 2.45) is 0 Å². The number of nitrogens with zero attached hydrogens (tertiary/aromatic N) is 2. The van der Waals surface area contributed by atoms with E-state index in [0.29, 0.717) is 5.65 Å². The molecule has 0 spiro atoms. The zero-order valence-electron chi connectivity index (χ0n) is 11.9. The Bertz CT molecular complexity index is 583. The molecule has 2 heterocycles. The summed E-state index contributed by atoms with van der Waals surface area (Å²) in [6, 6.07) is 7.86. The third kappa shape index (κ3) is 10.0. The van der Waals surface area contributed by atoms with E-state index in [-0.39, 0.29) is 36.0 Å². The maximum absolute atomic E-state index is 11.0. The molecule has 0 aromatic carbocycles. The van der Waals surface area contributed by atoms with Crippen molar-refractivity contribution < 1.29 is 28.4 Å². The number of hydrogen-bond donors (Lipinski definition) is 0. The summed E-state index contributed by atoms with van der Waals surface area (Å²) in [5.41, 5.74) is 0.479. The van der Waals surface area contributed by atoms with E-state index in [1.165, 1.54) is 24.4 Å². The van der Waals surface area contributed by atoms with Gasteiger partial charge in [0.1, 0.15) is 5.65 Å². The second-order valence-electron chi connectivity index (χ2n) is 3.54. The molecule has 0 aliphatic heterocycles. The van der Waals surface area contributed by atoms with E-state index >= 15 is 0 Å². The Morgan fingerprint density at radius 2 is 1.70 bits per heavy atom. The molecular weight excluding hydrogens is 251 g/mol. The number of fused-ring (bicyclic) bond motifs is 1. The molecule has 0 radical (unpaired) electrons. The van der Waals surface area contributed by atoms with Crippen LogP contribution < -0.4 is 24.4 Å². The Kier molecular flexibility index (Phi) is 11.1. The minimum absolute atomic E-state index is 0. The van der Waals surface area contributed by atoms with Crippen LogP contribution in [0.15, 0.2) is 35.4 Å². The standard InChI is InChI=1S/C8H5N2O.2C3H5O.Li/c11-8-4-5-9-7-3-1-2-6-10(7)8;2*1-3(2)4;/h1-3,5-6H;2*1H2,2H3;/q3*-1;+1. The second-order valence-corrected chi connectivity index (χ2v) is 3.54. The molecule has 0 fully saturated rings. The van der Waals surface area contributed by atoms with E-state index < -0.39 is 0 Å². The van der Waals surface area contributed by atoms with Crippen LogP contribution in [0.3, 0.4) is 0 Å². The Balaban J connectivity index is 0. The third-order valence-electron chi connectivity index (χ3n) is 1.44. The van der Waals surface area contributed by atoms with Crippen molar-refractivity contribution in [2.45, 2.75) is 13.8 Å². The monoisotopic (exact) mass is 266 g/mol. The molecule has 0 aliphatic rings. The molecular formula is C14H15LiN2O3-2. The van der Waals surface area contributed by atoms with Gasteiger partial charge in [0.05, 0.1) is 5.56 Å². The van der Waals surface area contributed by atoms with Crippen molar-refractivity contribution in [3.63, 3.8) is 0 Å². The summed E-state index contributed by atoms with van der Waals surface area (Å²) in [4.78, 5) is 33.7. The molecule has 5 nitrogen and oxygen atoms in total. The van der Waals surface area contributed by atoms with Gasteiger partial charge in [-0.15, -0.1) is 6.20 Å². The predicted octanol–water partition coefficient (Wildman–Crippen LogP) is -1.68. The first-order chi connectivity index (χ1) is 8.84. The van der Waals surface area contributed by atoms with E-state index in [1.807, 2.05) is 6.07 Å². The van der Waals surface area contributed by atoms with Crippen LogP contribution in [-0.4, -0.2) is 21.0 Å². The number of rotatable bonds is 0. The van der Waals surface area contributed by atoms with E-state index in [4.69, 9.17) is 0 Å². The van der Waals surface area contributed by atoms with Gasteiger partial charge in [-0.3, -0.25) is 9.38 Å². The first-order valence-corrected chi connectivity index (χ1v) is 5.33. The second kappa shape index (κ2) is 10.9. The number of hydrogen-bond acceptors (Lipinski definition) is 4. The summed E-state index contributed by atoms with van der Waals surface area (Å²) in [5.74, 6) is -0.167. The van der Waals surface area contributed by atoms with Crippen molar-refractivity contribution in [3.8, 4) is 0 Å². The van der Waals surface area contributed by atoms with Crippen LogP contribution in [0.4, 0.5) is 0 Å². The number of Topliss-reactive ketones (excluding diaryl/α,β-unsaturated/α-hetero) is 2. The van der Waals surface area contributed by atoms with Crippen LogP contribution in [0.25, 0.3) is 5.65 Å². The van der Waals surface area contributed by atoms with Gasteiger partial charge in [-0.05, 0) is 37.5 Å². The van der Waals surface area contributed by atoms with Crippen LogP contribution >= 0.6 is 0 Å². The van der Waals surface area contributed by atoms with Crippen molar-refractivity contribution in [3.05, 3.63) is 60.9 Å². The summed E-state index contributed by atoms with van der Waals surface area (Å²) in [6.07, 6.45) is 3.05. The summed E-state index contributed by atoms with van der Waals surface area (Å²) < 4.78 is 1.44. The molecule has 2 aromatic rings. The Hall–Kier alpha value is -1.96. The molecule has 0 amide bonds. The molecule has 6 heteroatoms. The number of carbonyl (C=O) groups excluding carboxylic acids is 2. The fourth-order valence-corrected chi connectivity index (χ4v) is 0.934. The minimum Gasteiger partial charge on any atom is -0.384 e. The summed E-state index contributed by atoms with van der Waals surface area (Å²) in [6.45, 7) is 8.83. The van der Waals surface area contributed by atoms with Crippen LogP contribution in [0.5, 0.6) is 0 Å². The average molecular weight is 266 g/mol. The van der Waals surface area contributed by atoms with Gasteiger partial charge >= 0.3 is 18.9 Å². The van der Waals surface area contributed by atoms with Gasteiger partial charge in [0, 0.05) is 6.20 Å². The zero-order chi connectivity index (χ0) is 14.8. The Morgan fingerprint density at radius 1 is 1.20 bits per heavy atom. The maximum atomic E-state index is 11.0. The maximum Gasteiger partial charge on any atom is 1.00 e. The van der Waals surface area contributed by atoms with E-state index in [0.717, 1.165) is 0 Å². The largest absolute Gasteiger partial charge is 1.00 e. The molecule has 0 saturated heterocycles. The van der Waals surface area contributed by atoms with Gasteiger partial charge in [0.15, 0.2) is 0 Å². The normalized spacial score (nSPS) is 8.10. The Labute approximate surface area is 130 Å². The molecule has 2 aromatic heterocycles. The van der Waals surface area contributed by atoms with Crippen molar-refractivity contribution in [2.75, 3.05) is 0 Å². The number of ketones is 2. The quantitative estimate of drug-likeness (QED) is 0.422. The van der Waals surface area contributed by atoms with Gasteiger partial charge in [-0.1, -0.05) is 6.07 Å². The van der Waals surface area contributed by atoms with Gasteiger partial charge in [-0.2, -0.15) is 0 Å². The van der Waals surface area contributed by atoms with Crippen LogP contribution in [0.2, 0.25) is 0 Å². The minimum atomic E-state index is -0.171. The third-order valence-corrected chi connectivity index (χ3v) is 1.44.